The lowest BCUT2D eigenvalue weighted by atomic mass is 9.92. The Bertz CT molecular complexity index is 1430. The molecule has 1 aliphatic rings. The van der Waals surface area contributed by atoms with Gasteiger partial charge in [0, 0.05) is 42.2 Å². The molecule has 2 N–H and O–H groups in total. The van der Waals surface area contributed by atoms with Crippen molar-refractivity contribution in [2.45, 2.75) is 44.7 Å². The average molecular weight is 503 g/mol. The van der Waals surface area contributed by atoms with E-state index in [1.165, 1.54) is 23.5 Å². The van der Waals surface area contributed by atoms with E-state index in [2.05, 4.69) is 9.97 Å². The Kier molecular flexibility index (Phi) is 6.89. The Morgan fingerprint density at radius 1 is 1.14 bits per heavy atom. The highest BCUT2D eigenvalue weighted by atomic mass is 32.1. The van der Waals surface area contributed by atoms with E-state index in [0.717, 1.165) is 16.8 Å². The number of likely N-dealkylation sites (tertiary alicyclic amines) is 1. The molecule has 6 nitrogen and oxygen atoms in total. The molecule has 1 aliphatic heterocycles. The first-order valence-electron chi connectivity index (χ1n) is 12.1. The summed E-state index contributed by atoms with van der Waals surface area (Å²) in [6.45, 7) is 2.23. The number of pyridine rings is 1. The Morgan fingerprint density at radius 2 is 1.94 bits per heavy atom. The predicted octanol–water partition coefficient (Wildman–Crippen LogP) is 5.40. The summed E-state index contributed by atoms with van der Waals surface area (Å²) in [4.78, 5) is 38.3. The van der Waals surface area contributed by atoms with Crippen molar-refractivity contribution in [3.63, 3.8) is 0 Å². The van der Waals surface area contributed by atoms with Gasteiger partial charge < -0.3 is 10.6 Å². The summed E-state index contributed by atoms with van der Waals surface area (Å²) >= 11 is 1.37. The van der Waals surface area contributed by atoms with Crippen molar-refractivity contribution in [3.05, 3.63) is 82.9 Å². The van der Waals surface area contributed by atoms with Crippen molar-refractivity contribution in [2.24, 2.45) is 5.73 Å². The molecule has 2 atom stereocenters. The van der Waals surface area contributed by atoms with E-state index in [4.69, 9.17) is 5.73 Å². The first kappa shape index (κ1) is 24.2. The number of thiazole rings is 1. The molecule has 2 aromatic heterocycles. The number of benzene rings is 2. The van der Waals surface area contributed by atoms with E-state index in [1.807, 2.05) is 31.2 Å². The predicted molar refractivity (Wildman–Crippen MR) is 140 cm³/mol. The summed E-state index contributed by atoms with van der Waals surface area (Å²) < 4.78 is 13.9. The van der Waals surface area contributed by atoms with Crippen LogP contribution >= 0.6 is 11.3 Å². The number of ketones is 1. The summed E-state index contributed by atoms with van der Waals surface area (Å²) in [7, 11) is 0. The summed E-state index contributed by atoms with van der Waals surface area (Å²) in [6, 6.07) is 15.3. The SMILES string of the molecule is Cc1nc(C(=O)N2CC(N)CCC2CCC(=O)c2cccc3cccnc23)c(-c2cccc(F)c2)s1. The highest BCUT2D eigenvalue weighted by molar-refractivity contribution is 7.15. The molecule has 2 unspecified atom stereocenters. The molecule has 1 fully saturated rings. The van der Waals surface area contributed by atoms with E-state index in [-0.39, 0.29) is 29.6 Å². The van der Waals surface area contributed by atoms with Crippen LogP contribution in [0.25, 0.3) is 21.3 Å². The van der Waals surface area contributed by atoms with Crippen molar-refractivity contribution in [1.29, 1.82) is 0 Å². The zero-order valence-corrected chi connectivity index (χ0v) is 20.8. The number of carbonyl (C=O) groups is 2. The lowest BCUT2D eigenvalue weighted by Gasteiger charge is -2.38. The summed E-state index contributed by atoms with van der Waals surface area (Å²) in [5.41, 5.74) is 8.48. The van der Waals surface area contributed by atoms with Crippen molar-refractivity contribution in [1.82, 2.24) is 14.9 Å². The molecule has 1 saturated heterocycles. The molecule has 3 heterocycles. The fourth-order valence-electron chi connectivity index (χ4n) is 4.90. The smallest absolute Gasteiger partial charge is 0.274 e. The minimum Gasteiger partial charge on any atom is -0.333 e. The Hall–Kier alpha value is -3.49. The second-order valence-electron chi connectivity index (χ2n) is 9.21. The minimum atomic E-state index is -0.365. The molecule has 0 radical (unpaired) electrons. The largest absolute Gasteiger partial charge is 0.333 e. The van der Waals surface area contributed by atoms with E-state index in [9.17, 15) is 14.0 Å². The highest BCUT2D eigenvalue weighted by Crippen LogP contribution is 2.33. The number of aromatic nitrogens is 2. The van der Waals surface area contributed by atoms with Crippen LogP contribution in [0.1, 0.15) is 51.5 Å². The normalized spacial score (nSPS) is 17.9. The van der Waals surface area contributed by atoms with Gasteiger partial charge >= 0.3 is 0 Å². The Labute approximate surface area is 213 Å². The average Bonchev–Trinajstić information content (AvgIpc) is 3.28. The van der Waals surface area contributed by atoms with Crippen LogP contribution in [0.2, 0.25) is 0 Å². The number of nitrogens with two attached hydrogens (primary N) is 1. The van der Waals surface area contributed by atoms with Gasteiger partial charge in [-0.15, -0.1) is 11.3 Å². The Balaban J connectivity index is 1.38. The van der Waals surface area contributed by atoms with Crippen molar-refractivity contribution in [2.75, 3.05) is 6.54 Å². The first-order chi connectivity index (χ1) is 17.4. The van der Waals surface area contributed by atoms with Crippen LogP contribution in [-0.4, -0.2) is 45.2 Å². The minimum absolute atomic E-state index is 0.00604. The molecule has 0 saturated carbocycles. The quantitative estimate of drug-likeness (QED) is 0.357. The van der Waals surface area contributed by atoms with Crippen LogP contribution < -0.4 is 5.73 Å². The number of rotatable bonds is 6. The van der Waals surface area contributed by atoms with Crippen LogP contribution in [-0.2, 0) is 0 Å². The maximum atomic E-state index is 13.9. The number of nitrogens with zero attached hydrogens (tertiary/aromatic N) is 3. The van der Waals surface area contributed by atoms with Crippen molar-refractivity contribution in [3.8, 4) is 10.4 Å². The second kappa shape index (κ2) is 10.2. The van der Waals surface area contributed by atoms with Gasteiger partial charge in [0.15, 0.2) is 5.78 Å². The van der Waals surface area contributed by atoms with E-state index >= 15 is 0 Å². The third kappa shape index (κ3) is 4.92. The zero-order chi connectivity index (χ0) is 25.2. The Morgan fingerprint density at radius 3 is 2.78 bits per heavy atom. The maximum Gasteiger partial charge on any atom is 0.274 e. The third-order valence-electron chi connectivity index (χ3n) is 6.66. The number of halogens is 1. The van der Waals surface area contributed by atoms with Gasteiger partial charge in [-0.25, -0.2) is 9.37 Å². The molecule has 2 aromatic carbocycles. The van der Waals surface area contributed by atoms with Crippen LogP contribution in [0, 0.1) is 12.7 Å². The van der Waals surface area contributed by atoms with E-state index in [0.29, 0.717) is 53.0 Å². The van der Waals surface area contributed by atoms with Crippen molar-refractivity contribution < 1.29 is 14.0 Å². The van der Waals surface area contributed by atoms with Crippen LogP contribution in [0.4, 0.5) is 4.39 Å². The number of fused-ring (bicyclic) bond motifs is 1. The lowest BCUT2D eigenvalue weighted by molar-refractivity contribution is 0.0561. The van der Waals surface area contributed by atoms with Gasteiger partial charge in [0.05, 0.1) is 15.4 Å². The summed E-state index contributed by atoms with van der Waals surface area (Å²) in [6.07, 6.45) is 4.01. The van der Waals surface area contributed by atoms with Gasteiger partial charge in [-0.1, -0.05) is 30.3 Å². The standard InChI is InChI=1S/C28H27FN4O2S/c1-17-32-26(27(36-17)19-6-2-8-20(29)15-19)28(35)33-16-21(30)10-11-22(33)12-13-24(34)23-9-3-5-18-7-4-14-31-25(18)23/h2-9,14-15,21-22H,10-13,16,30H2,1H3. The number of para-hydroxylation sites is 1. The number of Topliss-reactive ketones (excluding diaryl/α,β-unsaturated/α-hetero) is 1. The topological polar surface area (TPSA) is 89.2 Å². The molecule has 0 aliphatic carbocycles. The van der Waals surface area contributed by atoms with Crippen LogP contribution in [0.3, 0.4) is 0 Å². The van der Waals surface area contributed by atoms with Gasteiger partial charge in [0.2, 0.25) is 0 Å². The highest BCUT2D eigenvalue weighted by Gasteiger charge is 2.33. The molecular formula is C28H27FN4O2S. The second-order valence-corrected chi connectivity index (χ2v) is 10.4. The molecule has 8 heteroatoms. The monoisotopic (exact) mass is 502 g/mol. The molecule has 184 valence electrons. The number of amides is 1. The fourth-order valence-corrected chi connectivity index (χ4v) is 5.81. The maximum absolute atomic E-state index is 13.9. The number of carbonyl (C=O) groups excluding carboxylic acids is 2. The molecule has 0 bridgehead atoms. The van der Waals surface area contributed by atoms with E-state index < -0.39 is 0 Å². The number of aryl methyl sites for hydroxylation is 1. The number of hydrogen-bond donors (Lipinski definition) is 1. The van der Waals surface area contributed by atoms with Gasteiger partial charge in [0.1, 0.15) is 11.5 Å². The third-order valence-corrected chi connectivity index (χ3v) is 7.68. The molecule has 36 heavy (non-hydrogen) atoms. The molecule has 5 rings (SSSR count). The van der Waals surface area contributed by atoms with E-state index in [1.54, 1.807) is 29.3 Å². The molecule has 0 spiro atoms. The molecule has 4 aromatic rings. The fraction of sp³-hybridized carbons (Fsp3) is 0.286. The molecule has 1 amide bonds. The number of piperidine rings is 1. The van der Waals surface area contributed by atoms with Gasteiger partial charge in [-0.2, -0.15) is 0 Å². The van der Waals surface area contributed by atoms with Crippen LogP contribution in [0.5, 0.6) is 0 Å². The summed E-state index contributed by atoms with van der Waals surface area (Å²) in [5, 5.41) is 1.65. The van der Waals surface area contributed by atoms with Gasteiger partial charge in [-0.05, 0) is 56.0 Å². The number of hydrogen-bond acceptors (Lipinski definition) is 6. The van der Waals surface area contributed by atoms with Crippen LogP contribution in [0.15, 0.2) is 60.8 Å². The lowest BCUT2D eigenvalue weighted by Crippen LogP contribution is -2.51. The van der Waals surface area contributed by atoms with Crippen molar-refractivity contribution >= 4 is 33.9 Å². The zero-order valence-electron chi connectivity index (χ0n) is 20.0. The molecular weight excluding hydrogens is 475 g/mol. The summed E-state index contributed by atoms with van der Waals surface area (Å²) in [5.74, 6) is -0.583. The van der Waals surface area contributed by atoms with Gasteiger partial charge in [0.25, 0.3) is 5.91 Å². The van der Waals surface area contributed by atoms with Gasteiger partial charge in [-0.3, -0.25) is 14.6 Å². The first-order valence-corrected chi connectivity index (χ1v) is 12.9.